The average molecular weight is 340 g/mol. The number of thiophene rings is 1. The summed E-state index contributed by atoms with van der Waals surface area (Å²) in [7, 11) is 3.13. The van der Waals surface area contributed by atoms with Crippen molar-refractivity contribution in [1.29, 1.82) is 0 Å². The number of hydrogen-bond donors (Lipinski definition) is 1. The maximum absolute atomic E-state index is 12.6. The lowest BCUT2D eigenvalue weighted by Gasteiger charge is -2.12. The molecule has 122 valence electrons. The summed E-state index contributed by atoms with van der Waals surface area (Å²) in [4.78, 5) is 16.9. The molecule has 0 bridgehead atoms. The highest BCUT2D eigenvalue weighted by atomic mass is 32.1. The Morgan fingerprint density at radius 3 is 2.71 bits per heavy atom. The first-order chi connectivity index (χ1) is 11.7. The van der Waals surface area contributed by atoms with E-state index in [4.69, 9.17) is 9.47 Å². The normalized spacial score (nSPS) is 10.2. The van der Waals surface area contributed by atoms with Crippen LogP contribution < -0.4 is 14.8 Å². The van der Waals surface area contributed by atoms with E-state index in [1.807, 2.05) is 16.8 Å². The van der Waals surface area contributed by atoms with E-state index in [2.05, 4.69) is 10.3 Å². The number of anilines is 1. The maximum atomic E-state index is 12.6. The first-order valence-electron chi connectivity index (χ1n) is 7.23. The van der Waals surface area contributed by atoms with Crippen LogP contribution in [0, 0.1) is 0 Å². The molecule has 0 unspecified atom stereocenters. The van der Waals surface area contributed by atoms with Crippen LogP contribution in [0.4, 0.5) is 5.69 Å². The fraction of sp³-hybridized carbons (Fsp3) is 0.111. The second kappa shape index (κ2) is 7.14. The molecule has 0 radical (unpaired) electrons. The number of rotatable bonds is 5. The lowest BCUT2D eigenvalue weighted by Crippen LogP contribution is -2.13. The zero-order valence-corrected chi connectivity index (χ0v) is 14.1. The van der Waals surface area contributed by atoms with Crippen molar-refractivity contribution in [3.05, 3.63) is 58.9 Å². The largest absolute Gasteiger partial charge is 0.497 e. The van der Waals surface area contributed by atoms with Crippen LogP contribution in [0.15, 0.2) is 53.4 Å². The van der Waals surface area contributed by atoms with Gasteiger partial charge in [-0.3, -0.25) is 9.78 Å². The van der Waals surface area contributed by atoms with Gasteiger partial charge in [0.1, 0.15) is 11.5 Å². The minimum Gasteiger partial charge on any atom is -0.497 e. The molecule has 1 N–H and O–H groups in total. The first-order valence-corrected chi connectivity index (χ1v) is 8.17. The number of benzene rings is 1. The third kappa shape index (κ3) is 3.38. The summed E-state index contributed by atoms with van der Waals surface area (Å²) in [6.07, 6.45) is 1.63. The number of carbonyl (C=O) groups is 1. The lowest BCUT2D eigenvalue weighted by molar-refractivity contribution is 0.102. The second-order valence-corrected chi connectivity index (χ2v) is 5.74. The third-order valence-corrected chi connectivity index (χ3v) is 4.18. The predicted molar refractivity (Wildman–Crippen MR) is 95.0 cm³/mol. The van der Waals surface area contributed by atoms with Crippen LogP contribution in [-0.4, -0.2) is 25.1 Å². The van der Waals surface area contributed by atoms with Crippen LogP contribution in [0.1, 0.15) is 10.4 Å². The molecule has 24 heavy (non-hydrogen) atoms. The number of amides is 1. The lowest BCUT2D eigenvalue weighted by atomic mass is 10.1. The summed E-state index contributed by atoms with van der Waals surface area (Å²) in [5.41, 5.74) is 2.84. The van der Waals surface area contributed by atoms with Gasteiger partial charge in [-0.1, -0.05) is 0 Å². The quantitative estimate of drug-likeness (QED) is 0.760. The van der Waals surface area contributed by atoms with Crippen molar-refractivity contribution >= 4 is 22.9 Å². The predicted octanol–water partition coefficient (Wildman–Crippen LogP) is 4.08. The van der Waals surface area contributed by atoms with E-state index < -0.39 is 0 Å². The standard InChI is InChI=1S/C18H16N2O3S/c1-22-14-3-4-17(23-2)16(10-14)20-18(21)12-5-7-19-15(9-12)13-6-8-24-11-13/h3-11H,1-2H3,(H,20,21). The Morgan fingerprint density at radius 2 is 2.00 bits per heavy atom. The molecule has 0 spiro atoms. The zero-order chi connectivity index (χ0) is 16.9. The van der Waals surface area contributed by atoms with Gasteiger partial charge in [0.25, 0.3) is 5.91 Å². The van der Waals surface area contributed by atoms with Gasteiger partial charge in [0, 0.05) is 28.8 Å². The van der Waals surface area contributed by atoms with E-state index in [0.29, 0.717) is 22.7 Å². The number of carbonyl (C=O) groups excluding carboxylic acids is 1. The summed E-state index contributed by atoms with van der Waals surface area (Å²) in [6.45, 7) is 0. The molecule has 2 aromatic heterocycles. The highest BCUT2D eigenvalue weighted by molar-refractivity contribution is 7.08. The Hall–Kier alpha value is -2.86. The van der Waals surface area contributed by atoms with Gasteiger partial charge in [0.05, 0.1) is 25.6 Å². The Kier molecular flexibility index (Phi) is 4.77. The van der Waals surface area contributed by atoms with Gasteiger partial charge in [-0.15, -0.1) is 0 Å². The zero-order valence-electron chi connectivity index (χ0n) is 13.3. The molecule has 3 aromatic rings. The summed E-state index contributed by atoms with van der Waals surface area (Å²) in [6, 6.07) is 10.7. The van der Waals surface area contributed by atoms with Gasteiger partial charge in [0.15, 0.2) is 0 Å². The third-order valence-electron chi connectivity index (χ3n) is 3.49. The number of nitrogens with zero attached hydrogens (tertiary/aromatic N) is 1. The molecule has 0 saturated heterocycles. The smallest absolute Gasteiger partial charge is 0.255 e. The van der Waals surface area contributed by atoms with Crippen LogP contribution >= 0.6 is 11.3 Å². The van der Waals surface area contributed by atoms with Gasteiger partial charge in [0.2, 0.25) is 0 Å². The van der Waals surface area contributed by atoms with Crippen molar-refractivity contribution in [1.82, 2.24) is 4.98 Å². The van der Waals surface area contributed by atoms with Crippen LogP contribution in [-0.2, 0) is 0 Å². The topological polar surface area (TPSA) is 60.5 Å². The van der Waals surface area contributed by atoms with E-state index in [0.717, 1.165) is 11.3 Å². The van der Waals surface area contributed by atoms with Crippen LogP contribution in [0.2, 0.25) is 0 Å². The highest BCUT2D eigenvalue weighted by Gasteiger charge is 2.12. The molecule has 0 saturated carbocycles. The Labute approximate surface area is 143 Å². The molecule has 1 amide bonds. The van der Waals surface area contributed by atoms with Crippen molar-refractivity contribution in [3.8, 4) is 22.8 Å². The van der Waals surface area contributed by atoms with E-state index in [-0.39, 0.29) is 5.91 Å². The molecule has 5 nitrogen and oxygen atoms in total. The van der Waals surface area contributed by atoms with E-state index in [1.165, 1.54) is 0 Å². The van der Waals surface area contributed by atoms with Gasteiger partial charge in [-0.05, 0) is 35.7 Å². The summed E-state index contributed by atoms with van der Waals surface area (Å²) < 4.78 is 10.5. The molecule has 0 aliphatic rings. The summed E-state index contributed by atoms with van der Waals surface area (Å²) >= 11 is 1.59. The van der Waals surface area contributed by atoms with Crippen molar-refractivity contribution in [2.24, 2.45) is 0 Å². The molecule has 0 atom stereocenters. The molecule has 6 heteroatoms. The van der Waals surface area contributed by atoms with Crippen molar-refractivity contribution in [3.63, 3.8) is 0 Å². The second-order valence-electron chi connectivity index (χ2n) is 4.96. The van der Waals surface area contributed by atoms with E-state index in [9.17, 15) is 4.79 Å². The minimum absolute atomic E-state index is 0.236. The molecule has 1 aromatic carbocycles. The molecule has 2 heterocycles. The number of nitrogens with one attached hydrogen (secondary N) is 1. The van der Waals surface area contributed by atoms with Crippen LogP contribution in [0.5, 0.6) is 11.5 Å². The van der Waals surface area contributed by atoms with E-state index >= 15 is 0 Å². The monoisotopic (exact) mass is 340 g/mol. The van der Waals surface area contributed by atoms with Gasteiger partial charge in [-0.25, -0.2) is 0 Å². The number of methoxy groups -OCH3 is 2. The first kappa shape index (κ1) is 16.0. The molecule has 0 fully saturated rings. The Morgan fingerprint density at radius 1 is 1.12 bits per heavy atom. The number of aromatic nitrogens is 1. The fourth-order valence-corrected chi connectivity index (χ4v) is 2.90. The average Bonchev–Trinajstić information content (AvgIpc) is 3.16. The van der Waals surface area contributed by atoms with Crippen LogP contribution in [0.25, 0.3) is 11.3 Å². The molecular formula is C18H16N2O3S. The molecule has 3 rings (SSSR count). The minimum atomic E-state index is -0.236. The number of hydrogen-bond acceptors (Lipinski definition) is 5. The SMILES string of the molecule is COc1ccc(OC)c(NC(=O)c2ccnc(-c3ccsc3)c2)c1. The fourth-order valence-electron chi connectivity index (χ4n) is 2.25. The van der Waals surface area contributed by atoms with Gasteiger partial charge < -0.3 is 14.8 Å². The van der Waals surface area contributed by atoms with Crippen LogP contribution in [0.3, 0.4) is 0 Å². The van der Waals surface area contributed by atoms with Crippen molar-refractivity contribution in [2.45, 2.75) is 0 Å². The Balaban J connectivity index is 1.87. The molecular weight excluding hydrogens is 324 g/mol. The van der Waals surface area contributed by atoms with E-state index in [1.54, 1.807) is 62.1 Å². The number of pyridine rings is 1. The van der Waals surface area contributed by atoms with Gasteiger partial charge >= 0.3 is 0 Å². The number of ether oxygens (including phenoxy) is 2. The maximum Gasteiger partial charge on any atom is 0.255 e. The van der Waals surface area contributed by atoms with Crippen molar-refractivity contribution < 1.29 is 14.3 Å². The Bertz CT molecular complexity index is 847. The highest BCUT2D eigenvalue weighted by Crippen LogP contribution is 2.29. The summed E-state index contributed by atoms with van der Waals surface area (Å²) in [5.74, 6) is 0.969. The van der Waals surface area contributed by atoms with Crippen molar-refractivity contribution in [2.75, 3.05) is 19.5 Å². The summed E-state index contributed by atoms with van der Waals surface area (Å²) in [5, 5.41) is 6.83. The van der Waals surface area contributed by atoms with Gasteiger partial charge in [-0.2, -0.15) is 11.3 Å². The molecule has 0 aliphatic heterocycles. The molecule has 0 aliphatic carbocycles.